The average Bonchev–Trinajstić information content (AvgIpc) is 2.48. The van der Waals surface area contributed by atoms with Crippen molar-refractivity contribution in [3.63, 3.8) is 0 Å². The van der Waals surface area contributed by atoms with Crippen molar-refractivity contribution in [2.75, 3.05) is 7.11 Å². The van der Waals surface area contributed by atoms with Crippen molar-refractivity contribution in [2.24, 2.45) is 0 Å². The number of aliphatic carboxylic acids is 1. The molecule has 64 valence electrons. The second-order valence-electron chi connectivity index (χ2n) is 2.06. The van der Waals surface area contributed by atoms with E-state index < -0.39 is 5.97 Å². The van der Waals surface area contributed by atoms with Crippen molar-refractivity contribution in [3.05, 3.63) is 22.4 Å². The fourth-order valence-corrected chi connectivity index (χ4v) is 1.43. The third-order valence-corrected chi connectivity index (χ3v) is 2.10. The maximum Gasteiger partial charge on any atom is 0.328 e. The van der Waals surface area contributed by atoms with Crippen molar-refractivity contribution in [3.8, 4) is 5.75 Å². The Morgan fingerprint density at radius 3 is 3.00 bits per heavy atom. The summed E-state index contributed by atoms with van der Waals surface area (Å²) in [5.41, 5.74) is 0. The molecule has 0 unspecified atom stereocenters. The number of hydrogen-bond acceptors (Lipinski definition) is 3. The lowest BCUT2D eigenvalue weighted by Gasteiger charge is -1.88. The van der Waals surface area contributed by atoms with Crippen molar-refractivity contribution in [1.29, 1.82) is 0 Å². The van der Waals surface area contributed by atoms with E-state index in [-0.39, 0.29) is 0 Å². The van der Waals surface area contributed by atoms with Gasteiger partial charge in [0.1, 0.15) is 5.75 Å². The molecule has 0 aliphatic carbocycles. The van der Waals surface area contributed by atoms with Crippen LogP contribution in [-0.2, 0) is 4.79 Å². The normalized spacial score (nSPS) is 10.4. The minimum absolute atomic E-state index is 0.755. The molecule has 12 heavy (non-hydrogen) atoms. The van der Waals surface area contributed by atoms with E-state index in [4.69, 9.17) is 9.84 Å². The van der Waals surface area contributed by atoms with E-state index in [1.54, 1.807) is 13.2 Å². The van der Waals surface area contributed by atoms with Crippen LogP contribution in [0.5, 0.6) is 5.75 Å². The monoisotopic (exact) mass is 184 g/mol. The molecule has 1 rings (SSSR count). The van der Waals surface area contributed by atoms with Gasteiger partial charge >= 0.3 is 5.97 Å². The Morgan fingerprint density at radius 2 is 2.50 bits per heavy atom. The van der Waals surface area contributed by atoms with Gasteiger partial charge in [-0.1, -0.05) is 0 Å². The highest BCUT2D eigenvalue weighted by atomic mass is 32.1. The van der Waals surface area contributed by atoms with Crippen molar-refractivity contribution in [1.82, 2.24) is 0 Å². The van der Waals surface area contributed by atoms with E-state index in [2.05, 4.69) is 0 Å². The number of ether oxygens (including phenoxy) is 1. The number of carbonyl (C=O) groups is 1. The Morgan fingerprint density at radius 1 is 1.75 bits per heavy atom. The van der Waals surface area contributed by atoms with Gasteiger partial charge in [0.15, 0.2) is 0 Å². The molecule has 0 bridgehead atoms. The molecule has 0 aliphatic heterocycles. The highest BCUT2D eigenvalue weighted by Crippen LogP contribution is 2.21. The van der Waals surface area contributed by atoms with E-state index in [1.807, 2.05) is 5.38 Å². The highest BCUT2D eigenvalue weighted by Gasteiger charge is 1.95. The van der Waals surface area contributed by atoms with Crippen molar-refractivity contribution >= 4 is 23.4 Å². The van der Waals surface area contributed by atoms with E-state index >= 15 is 0 Å². The lowest BCUT2D eigenvalue weighted by molar-refractivity contribution is -0.131. The zero-order valence-electron chi connectivity index (χ0n) is 6.48. The average molecular weight is 184 g/mol. The predicted molar refractivity (Wildman–Crippen MR) is 47.5 cm³/mol. The van der Waals surface area contributed by atoms with Crippen LogP contribution in [0, 0.1) is 0 Å². The minimum Gasteiger partial charge on any atom is -0.496 e. The van der Waals surface area contributed by atoms with Gasteiger partial charge in [-0.3, -0.25) is 0 Å². The number of carboxylic acids is 1. The van der Waals surface area contributed by atoms with Crippen LogP contribution in [0.3, 0.4) is 0 Å². The van der Waals surface area contributed by atoms with E-state index in [0.717, 1.165) is 16.7 Å². The Labute approximate surface area is 73.9 Å². The third-order valence-electron chi connectivity index (χ3n) is 1.22. The highest BCUT2D eigenvalue weighted by molar-refractivity contribution is 7.11. The summed E-state index contributed by atoms with van der Waals surface area (Å²) in [7, 11) is 1.58. The molecule has 1 heterocycles. The topological polar surface area (TPSA) is 46.5 Å². The summed E-state index contributed by atoms with van der Waals surface area (Å²) in [6.45, 7) is 0. The molecule has 1 aromatic heterocycles. The zero-order chi connectivity index (χ0) is 8.97. The lowest BCUT2D eigenvalue weighted by atomic mass is 10.4. The SMILES string of the molecule is COc1csc(/C=C/C(=O)O)c1. The Kier molecular flexibility index (Phi) is 2.88. The molecule has 0 radical (unpaired) electrons. The predicted octanol–water partition coefficient (Wildman–Crippen LogP) is 1.85. The van der Waals surface area contributed by atoms with E-state index in [9.17, 15) is 4.79 Å². The van der Waals surface area contributed by atoms with Gasteiger partial charge in [0.25, 0.3) is 0 Å². The first-order chi connectivity index (χ1) is 5.72. The molecule has 3 nitrogen and oxygen atoms in total. The molecule has 1 aromatic rings. The summed E-state index contributed by atoms with van der Waals surface area (Å²) in [6, 6.07) is 1.78. The molecule has 0 saturated heterocycles. The van der Waals surface area contributed by atoms with Crippen LogP contribution in [-0.4, -0.2) is 18.2 Å². The van der Waals surface area contributed by atoms with Gasteiger partial charge in [-0.2, -0.15) is 0 Å². The molecular weight excluding hydrogens is 176 g/mol. The molecule has 0 amide bonds. The fourth-order valence-electron chi connectivity index (χ4n) is 0.682. The molecule has 0 aromatic carbocycles. The molecule has 0 aliphatic rings. The summed E-state index contributed by atoms with van der Waals surface area (Å²) in [5.74, 6) is -0.188. The second-order valence-corrected chi connectivity index (χ2v) is 3.00. The number of thiophene rings is 1. The first kappa shape index (κ1) is 8.80. The quantitative estimate of drug-likeness (QED) is 0.729. The molecule has 0 fully saturated rings. The van der Waals surface area contributed by atoms with Gasteiger partial charge in [0, 0.05) is 16.3 Å². The first-order valence-corrected chi connectivity index (χ1v) is 4.14. The number of hydrogen-bond donors (Lipinski definition) is 1. The third kappa shape index (κ3) is 2.39. The Bertz CT molecular complexity index is 301. The van der Waals surface area contributed by atoms with Crippen LogP contribution in [0.15, 0.2) is 17.5 Å². The summed E-state index contributed by atoms with van der Waals surface area (Å²) in [4.78, 5) is 11.0. The van der Waals surface area contributed by atoms with Gasteiger partial charge in [-0.05, 0) is 12.1 Å². The minimum atomic E-state index is -0.942. The summed E-state index contributed by atoms with van der Waals surface area (Å²) in [6.07, 6.45) is 2.64. The Hall–Kier alpha value is -1.29. The molecule has 1 N–H and O–H groups in total. The lowest BCUT2D eigenvalue weighted by Crippen LogP contribution is -1.84. The molecule has 0 spiro atoms. The maximum absolute atomic E-state index is 10.1. The van der Waals surface area contributed by atoms with Crippen LogP contribution in [0.25, 0.3) is 6.08 Å². The Balaban J connectivity index is 2.70. The van der Waals surface area contributed by atoms with Gasteiger partial charge < -0.3 is 9.84 Å². The first-order valence-electron chi connectivity index (χ1n) is 3.26. The van der Waals surface area contributed by atoms with Crippen LogP contribution in [0.2, 0.25) is 0 Å². The summed E-state index contributed by atoms with van der Waals surface area (Å²) < 4.78 is 4.93. The van der Waals surface area contributed by atoms with Gasteiger partial charge in [-0.25, -0.2) is 4.79 Å². The number of methoxy groups -OCH3 is 1. The second kappa shape index (κ2) is 3.92. The van der Waals surface area contributed by atoms with E-state index in [0.29, 0.717) is 0 Å². The fraction of sp³-hybridized carbons (Fsp3) is 0.125. The van der Waals surface area contributed by atoms with Gasteiger partial charge in [0.2, 0.25) is 0 Å². The smallest absolute Gasteiger partial charge is 0.328 e. The molecule has 0 atom stereocenters. The molecule has 4 heteroatoms. The van der Waals surface area contributed by atoms with Crippen LogP contribution in [0.1, 0.15) is 4.88 Å². The largest absolute Gasteiger partial charge is 0.496 e. The molecule has 0 saturated carbocycles. The van der Waals surface area contributed by atoms with Crippen LogP contribution in [0.4, 0.5) is 0 Å². The maximum atomic E-state index is 10.1. The zero-order valence-corrected chi connectivity index (χ0v) is 7.30. The number of rotatable bonds is 3. The summed E-state index contributed by atoms with van der Waals surface area (Å²) >= 11 is 1.44. The number of carboxylic acid groups (broad SMARTS) is 1. The van der Waals surface area contributed by atoms with E-state index in [1.165, 1.54) is 17.4 Å². The van der Waals surface area contributed by atoms with Crippen molar-refractivity contribution < 1.29 is 14.6 Å². The van der Waals surface area contributed by atoms with Crippen molar-refractivity contribution in [2.45, 2.75) is 0 Å². The standard InChI is InChI=1S/C8H8O3S/c1-11-6-4-7(12-5-6)2-3-8(9)10/h2-5H,1H3,(H,9,10)/b3-2+. The van der Waals surface area contributed by atoms with Gasteiger partial charge in [0.05, 0.1) is 7.11 Å². The van der Waals surface area contributed by atoms with Crippen LogP contribution < -0.4 is 4.74 Å². The molecular formula is C8H8O3S. The van der Waals surface area contributed by atoms with Gasteiger partial charge in [-0.15, -0.1) is 11.3 Å². The van der Waals surface area contributed by atoms with Crippen LogP contribution >= 0.6 is 11.3 Å². The summed E-state index contributed by atoms with van der Waals surface area (Å²) in [5, 5.41) is 10.1.